The average molecular weight is 546 g/mol. The number of halogens is 1. The van der Waals surface area contributed by atoms with Crippen molar-refractivity contribution in [2.45, 2.75) is 13.0 Å². The van der Waals surface area contributed by atoms with Gasteiger partial charge in [-0.3, -0.25) is 9.59 Å². The highest BCUT2D eigenvalue weighted by atomic mass is 35.5. The number of furan rings is 1. The van der Waals surface area contributed by atoms with Crippen molar-refractivity contribution in [1.82, 2.24) is 14.3 Å². The SMILES string of the molecule is CS(=O)(=O)NC(=O)c1c(C2=CC=CCC2=O)c2c3occc3ccc2n1Cc1cc2ccccc2nc1Cl. The van der Waals surface area contributed by atoms with Crippen LogP contribution in [0.1, 0.15) is 28.0 Å². The minimum Gasteiger partial charge on any atom is -0.464 e. The molecular formula is C28H20ClN3O5S. The van der Waals surface area contributed by atoms with E-state index in [1.807, 2.05) is 42.5 Å². The van der Waals surface area contributed by atoms with Crippen LogP contribution in [0.5, 0.6) is 0 Å². The van der Waals surface area contributed by atoms with Crippen LogP contribution in [0.4, 0.5) is 0 Å². The van der Waals surface area contributed by atoms with Crippen molar-refractivity contribution in [3.63, 3.8) is 0 Å². The first-order chi connectivity index (χ1) is 18.2. The molecule has 190 valence electrons. The Morgan fingerprint density at radius 2 is 1.97 bits per heavy atom. The van der Waals surface area contributed by atoms with Crippen molar-refractivity contribution in [2.24, 2.45) is 0 Å². The number of amides is 1. The number of allylic oxidation sites excluding steroid dienone is 4. The molecule has 2 aromatic carbocycles. The van der Waals surface area contributed by atoms with Crippen LogP contribution in [0.2, 0.25) is 5.15 Å². The van der Waals surface area contributed by atoms with E-state index in [1.54, 1.807) is 28.9 Å². The van der Waals surface area contributed by atoms with E-state index >= 15 is 0 Å². The second kappa shape index (κ2) is 8.97. The van der Waals surface area contributed by atoms with Crippen LogP contribution in [0, 0.1) is 0 Å². The van der Waals surface area contributed by atoms with Gasteiger partial charge in [-0.1, -0.05) is 48.0 Å². The second-order valence-electron chi connectivity index (χ2n) is 9.08. The predicted octanol–water partition coefficient (Wildman–Crippen LogP) is 5.24. The lowest BCUT2D eigenvalue weighted by molar-refractivity contribution is -0.113. The Morgan fingerprint density at radius 1 is 1.16 bits per heavy atom. The van der Waals surface area contributed by atoms with Gasteiger partial charge in [0.2, 0.25) is 10.0 Å². The minimum atomic E-state index is -3.92. The van der Waals surface area contributed by atoms with Crippen molar-refractivity contribution in [1.29, 1.82) is 0 Å². The molecule has 1 aliphatic rings. The normalized spacial score (nSPS) is 13.9. The number of para-hydroxylation sites is 1. The summed E-state index contributed by atoms with van der Waals surface area (Å²) in [5.74, 6) is -1.07. The lowest BCUT2D eigenvalue weighted by Crippen LogP contribution is -2.32. The van der Waals surface area contributed by atoms with E-state index in [-0.39, 0.29) is 29.6 Å². The van der Waals surface area contributed by atoms with Crippen molar-refractivity contribution < 1.29 is 22.4 Å². The van der Waals surface area contributed by atoms with Gasteiger partial charge in [0.25, 0.3) is 5.91 Å². The van der Waals surface area contributed by atoms with Crippen molar-refractivity contribution >= 4 is 71.7 Å². The fourth-order valence-electron chi connectivity index (χ4n) is 4.92. The van der Waals surface area contributed by atoms with E-state index in [4.69, 9.17) is 16.0 Å². The lowest BCUT2D eigenvalue weighted by Gasteiger charge is -2.15. The van der Waals surface area contributed by atoms with Crippen LogP contribution >= 0.6 is 11.6 Å². The quantitative estimate of drug-likeness (QED) is 0.302. The van der Waals surface area contributed by atoms with E-state index in [0.717, 1.165) is 22.5 Å². The molecule has 0 saturated carbocycles. The van der Waals surface area contributed by atoms with Gasteiger partial charge in [-0.2, -0.15) is 0 Å². The number of aromatic nitrogens is 2. The Morgan fingerprint density at radius 3 is 2.76 bits per heavy atom. The molecule has 10 heteroatoms. The van der Waals surface area contributed by atoms with Crippen molar-refractivity contribution in [3.05, 3.63) is 95.0 Å². The topological polar surface area (TPSA) is 111 Å². The monoisotopic (exact) mass is 545 g/mol. The number of nitrogens with one attached hydrogen (secondary N) is 1. The van der Waals surface area contributed by atoms with Gasteiger partial charge in [0.1, 0.15) is 16.4 Å². The molecule has 0 aliphatic heterocycles. The van der Waals surface area contributed by atoms with Crippen LogP contribution in [-0.4, -0.2) is 35.9 Å². The molecule has 3 aromatic heterocycles. The second-order valence-corrected chi connectivity index (χ2v) is 11.2. The number of ketones is 1. The van der Waals surface area contributed by atoms with Crippen LogP contribution < -0.4 is 4.72 Å². The zero-order valence-electron chi connectivity index (χ0n) is 20.1. The van der Waals surface area contributed by atoms with Crippen LogP contribution in [-0.2, 0) is 21.4 Å². The molecule has 0 saturated heterocycles. The van der Waals surface area contributed by atoms with E-state index in [1.165, 1.54) is 6.26 Å². The summed E-state index contributed by atoms with van der Waals surface area (Å²) in [5, 5.41) is 2.41. The maximum atomic E-state index is 13.6. The summed E-state index contributed by atoms with van der Waals surface area (Å²) in [5.41, 5.74) is 3.00. The third kappa shape index (κ3) is 4.09. The summed E-state index contributed by atoms with van der Waals surface area (Å²) in [4.78, 5) is 31.2. The summed E-state index contributed by atoms with van der Waals surface area (Å²) in [6.45, 7) is 0.0865. The average Bonchev–Trinajstić information content (AvgIpc) is 3.46. The largest absolute Gasteiger partial charge is 0.464 e. The lowest BCUT2D eigenvalue weighted by atomic mass is 9.93. The van der Waals surface area contributed by atoms with Crippen molar-refractivity contribution in [3.8, 4) is 0 Å². The van der Waals surface area contributed by atoms with Crippen molar-refractivity contribution in [2.75, 3.05) is 6.26 Å². The Labute approximate surface area is 222 Å². The summed E-state index contributed by atoms with van der Waals surface area (Å²) < 4.78 is 33.8. The molecule has 8 nitrogen and oxygen atoms in total. The molecular weight excluding hydrogens is 526 g/mol. The Kier molecular flexibility index (Phi) is 5.70. The molecule has 1 amide bonds. The first kappa shape index (κ1) is 24.1. The van der Waals surface area contributed by atoms with Gasteiger partial charge in [0.15, 0.2) is 5.78 Å². The van der Waals surface area contributed by atoms with Gasteiger partial charge in [-0.25, -0.2) is 18.1 Å². The fraction of sp³-hybridized carbons (Fsp3) is 0.107. The number of sulfonamides is 1. The molecule has 0 spiro atoms. The number of fused-ring (bicyclic) bond motifs is 4. The number of benzene rings is 2. The Bertz CT molecular complexity index is 1980. The number of hydrogen-bond donors (Lipinski definition) is 1. The molecule has 0 fully saturated rings. The Hall–Kier alpha value is -4.21. The number of carbonyl (C=O) groups is 2. The maximum absolute atomic E-state index is 13.6. The third-order valence-corrected chi connectivity index (χ3v) is 7.37. The van der Waals surface area contributed by atoms with Gasteiger partial charge in [-0.05, 0) is 30.3 Å². The first-order valence-corrected chi connectivity index (χ1v) is 14.0. The molecule has 3 heterocycles. The predicted molar refractivity (Wildman–Crippen MR) is 147 cm³/mol. The number of carbonyl (C=O) groups excluding carboxylic acids is 2. The van der Waals surface area contributed by atoms with Gasteiger partial charge in [0.05, 0.1) is 35.5 Å². The summed E-state index contributed by atoms with van der Waals surface area (Å²) in [6, 6.07) is 14.8. The van der Waals surface area contributed by atoms with E-state index < -0.39 is 15.9 Å². The van der Waals surface area contributed by atoms with Crippen LogP contribution in [0.25, 0.3) is 38.3 Å². The number of hydrogen-bond acceptors (Lipinski definition) is 6. The maximum Gasteiger partial charge on any atom is 0.282 e. The van der Waals surface area contributed by atoms with Gasteiger partial charge < -0.3 is 8.98 Å². The number of Topliss-reactive ketones (excluding diaryl/α,β-unsaturated/α-hetero) is 1. The molecule has 5 aromatic rings. The fourth-order valence-corrected chi connectivity index (χ4v) is 5.56. The summed E-state index contributed by atoms with van der Waals surface area (Å²) >= 11 is 6.58. The molecule has 38 heavy (non-hydrogen) atoms. The molecule has 1 aliphatic carbocycles. The first-order valence-electron chi connectivity index (χ1n) is 11.7. The highest BCUT2D eigenvalue weighted by Gasteiger charge is 2.31. The molecule has 0 unspecified atom stereocenters. The highest BCUT2D eigenvalue weighted by molar-refractivity contribution is 7.89. The van der Waals surface area contributed by atoms with Gasteiger partial charge in [-0.15, -0.1) is 0 Å². The number of nitrogens with zero attached hydrogens (tertiary/aromatic N) is 2. The van der Waals surface area contributed by atoms with Gasteiger partial charge in [0, 0.05) is 33.9 Å². The van der Waals surface area contributed by atoms with E-state index in [0.29, 0.717) is 33.2 Å². The smallest absolute Gasteiger partial charge is 0.282 e. The standard InChI is InChI=1S/C28H20ClN3O5S/c1-38(35,36)31-28(34)25-23(19-7-3-5-9-22(19)33)24-21(11-10-16-12-13-37-26(16)24)32(25)15-18-14-17-6-2-4-8-20(17)30-27(18)29/h2-8,10-14H,9,15H2,1H3,(H,31,34). The molecule has 0 bridgehead atoms. The molecule has 6 rings (SSSR count). The minimum absolute atomic E-state index is 0.00782. The van der Waals surface area contributed by atoms with E-state index in [2.05, 4.69) is 9.71 Å². The summed E-state index contributed by atoms with van der Waals surface area (Å²) in [6.07, 6.45) is 7.69. The zero-order valence-corrected chi connectivity index (χ0v) is 21.6. The van der Waals surface area contributed by atoms with Crippen LogP contribution in [0.3, 0.4) is 0 Å². The molecule has 1 N–H and O–H groups in total. The molecule has 0 radical (unpaired) electrons. The number of pyridine rings is 1. The third-order valence-electron chi connectivity index (χ3n) is 6.49. The Balaban J connectivity index is 1.70. The van der Waals surface area contributed by atoms with Crippen LogP contribution in [0.15, 0.2) is 77.4 Å². The number of rotatable bonds is 5. The van der Waals surface area contributed by atoms with Gasteiger partial charge >= 0.3 is 0 Å². The summed E-state index contributed by atoms with van der Waals surface area (Å²) in [7, 11) is -3.92. The molecule has 0 atom stereocenters. The van der Waals surface area contributed by atoms with E-state index in [9.17, 15) is 18.0 Å². The highest BCUT2D eigenvalue weighted by Crippen LogP contribution is 2.39. The zero-order chi connectivity index (χ0) is 26.6.